The van der Waals surface area contributed by atoms with Crippen LogP contribution in [-0.4, -0.2) is 36.6 Å². The van der Waals surface area contributed by atoms with Gasteiger partial charge in [-0.2, -0.15) is 5.26 Å². The average Bonchev–Trinajstić information content (AvgIpc) is 2.98. The molecule has 11 nitrogen and oxygen atoms in total. The summed E-state index contributed by atoms with van der Waals surface area (Å²) in [6, 6.07) is 18.1. The maximum atomic E-state index is 13.6. The van der Waals surface area contributed by atoms with Crippen molar-refractivity contribution < 1.29 is 28.6 Å². The first kappa shape index (κ1) is 26.2. The van der Waals surface area contributed by atoms with Gasteiger partial charge >= 0.3 is 12.0 Å². The first-order chi connectivity index (χ1) is 19.4. The number of carbonyl (C=O) groups is 3. The number of pyridine rings is 1. The van der Waals surface area contributed by atoms with Gasteiger partial charge in [0.05, 0.1) is 30.0 Å². The molecule has 0 saturated carbocycles. The minimum Gasteiger partial charge on any atom is -0.497 e. The molecule has 1 aromatic heterocycles. The number of amides is 3. The molecule has 11 heteroatoms. The molecule has 3 N–H and O–H groups in total. The minimum atomic E-state index is -0.962. The van der Waals surface area contributed by atoms with Crippen LogP contribution in [0.15, 0.2) is 71.9 Å². The largest absolute Gasteiger partial charge is 0.497 e. The van der Waals surface area contributed by atoms with E-state index in [1.165, 1.54) is 0 Å². The third-order valence-electron chi connectivity index (χ3n) is 6.39. The summed E-state index contributed by atoms with van der Waals surface area (Å²) in [6.07, 6.45) is 0.818. The van der Waals surface area contributed by atoms with E-state index in [-0.39, 0.29) is 30.5 Å². The molecule has 2 aliphatic rings. The molecule has 1 atom stereocenters. The number of allylic oxidation sites excluding steroid dienone is 1. The molecular weight excluding hydrogens is 514 g/mol. The molecule has 3 aromatic rings. The van der Waals surface area contributed by atoms with Crippen LogP contribution in [0.3, 0.4) is 0 Å². The summed E-state index contributed by atoms with van der Waals surface area (Å²) >= 11 is 0. The lowest BCUT2D eigenvalue weighted by Gasteiger charge is -2.29. The highest BCUT2D eigenvalue weighted by Gasteiger charge is 2.35. The van der Waals surface area contributed by atoms with Crippen molar-refractivity contribution in [3.63, 3.8) is 0 Å². The van der Waals surface area contributed by atoms with E-state index in [1.807, 2.05) is 24.3 Å². The Balaban J connectivity index is 1.48. The van der Waals surface area contributed by atoms with E-state index in [0.717, 1.165) is 5.56 Å². The van der Waals surface area contributed by atoms with E-state index in [2.05, 4.69) is 27.0 Å². The van der Waals surface area contributed by atoms with E-state index in [4.69, 9.17) is 14.2 Å². The monoisotopic (exact) mass is 539 g/mol. The summed E-state index contributed by atoms with van der Waals surface area (Å²) < 4.78 is 16.4. The highest BCUT2D eigenvalue weighted by Crippen LogP contribution is 2.33. The molecule has 40 heavy (non-hydrogen) atoms. The molecule has 3 heterocycles. The van der Waals surface area contributed by atoms with Crippen molar-refractivity contribution >= 4 is 23.7 Å². The summed E-state index contributed by atoms with van der Waals surface area (Å²) in [4.78, 5) is 42.7. The number of hydrogen-bond acceptors (Lipinski definition) is 8. The molecule has 1 unspecified atom stereocenters. The Morgan fingerprint density at radius 1 is 1.07 bits per heavy atom. The highest BCUT2D eigenvalue weighted by atomic mass is 16.5. The predicted molar refractivity (Wildman–Crippen MR) is 142 cm³/mol. The van der Waals surface area contributed by atoms with E-state index in [1.54, 1.807) is 43.5 Å². The summed E-state index contributed by atoms with van der Waals surface area (Å²) in [5, 5.41) is 17.4. The number of benzene rings is 2. The van der Waals surface area contributed by atoms with Crippen LogP contribution in [0.4, 0.5) is 10.6 Å². The van der Waals surface area contributed by atoms with Crippen LogP contribution in [0.1, 0.15) is 34.8 Å². The number of nitrogens with zero attached hydrogens (tertiary/aromatic N) is 2. The average molecular weight is 540 g/mol. The number of ether oxygens (including phenoxy) is 3. The van der Waals surface area contributed by atoms with Crippen LogP contribution in [-0.2, 0) is 27.4 Å². The Hall–Kier alpha value is -5.37. The van der Waals surface area contributed by atoms with Crippen LogP contribution >= 0.6 is 0 Å². The Morgan fingerprint density at radius 3 is 2.73 bits per heavy atom. The number of esters is 1. The molecule has 0 saturated heterocycles. The van der Waals surface area contributed by atoms with Gasteiger partial charge in [0.1, 0.15) is 18.4 Å². The van der Waals surface area contributed by atoms with Crippen molar-refractivity contribution in [3.05, 3.63) is 94.3 Å². The normalized spacial score (nSPS) is 15.9. The molecule has 0 bridgehead atoms. The number of methoxy groups -OCH3 is 1. The van der Waals surface area contributed by atoms with Gasteiger partial charge in [-0.05, 0) is 60.4 Å². The molecule has 0 fully saturated rings. The SMILES string of the molecule is COc1cccc(CCC2=C(C(=O)OCc3cccc(C#N)c3)C(c3ccc4c(n3)NC(=O)CO4)NC(=O)N2)c1. The lowest BCUT2D eigenvalue weighted by molar-refractivity contribution is -0.140. The number of aromatic nitrogens is 1. The van der Waals surface area contributed by atoms with E-state index in [9.17, 15) is 19.6 Å². The molecule has 202 valence electrons. The fourth-order valence-corrected chi connectivity index (χ4v) is 4.47. The number of fused-ring (bicyclic) bond motifs is 1. The van der Waals surface area contributed by atoms with Crippen molar-refractivity contribution in [1.29, 1.82) is 5.26 Å². The van der Waals surface area contributed by atoms with Gasteiger partial charge in [0.25, 0.3) is 5.91 Å². The first-order valence-corrected chi connectivity index (χ1v) is 12.5. The molecule has 3 amide bonds. The minimum absolute atomic E-state index is 0.0802. The van der Waals surface area contributed by atoms with Crippen LogP contribution in [0.5, 0.6) is 11.5 Å². The van der Waals surface area contributed by atoms with Crippen LogP contribution < -0.4 is 25.4 Å². The van der Waals surface area contributed by atoms with Crippen molar-refractivity contribution in [2.24, 2.45) is 0 Å². The predicted octanol–water partition coefficient (Wildman–Crippen LogP) is 3.28. The second-order valence-electron chi connectivity index (χ2n) is 9.08. The van der Waals surface area contributed by atoms with E-state index >= 15 is 0 Å². The maximum Gasteiger partial charge on any atom is 0.338 e. The van der Waals surface area contributed by atoms with Gasteiger partial charge in [-0.3, -0.25) is 4.79 Å². The lowest BCUT2D eigenvalue weighted by atomic mass is 9.95. The Kier molecular flexibility index (Phi) is 7.59. The first-order valence-electron chi connectivity index (χ1n) is 12.5. The summed E-state index contributed by atoms with van der Waals surface area (Å²) in [7, 11) is 1.58. The highest BCUT2D eigenvalue weighted by molar-refractivity contribution is 5.96. The topological polar surface area (TPSA) is 152 Å². The third-order valence-corrected chi connectivity index (χ3v) is 6.39. The number of nitriles is 1. The maximum absolute atomic E-state index is 13.6. The number of nitrogens with one attached hydrogen (secondary N) is 3. The second kappa shape index (κ2) is 11.6. The van der Waals surface area contributed by atoms with Gasteiger partial charge in [-0.25, -0.2) is 14.6 Å². The zero-order chi connectivity index (χ0) is 28.1. The Morgan fingerprint density at radius 2 is 1.90 bits per heavy atom. The van der Waals surface area contributed by atoms with E-state index < -0.39 is 18.0 Å². The Bertz CT molecular complexity index is 1560. The van der Waals surface area contributed by atoms with Gasteiger partial charge in [0.2, 0.25) is 0 Å². The van der Waals surface area contributed by atoms with Gasteiger partial charge in [-0.1, -0.05) is 24.3 Å². The second-order valence-corrected chi connectivity index (χ2v) is 9.08. The molecule has 0 aliphatic carbocycles. The molecule has 2 aromatic carbocycles. The van der Waals surface area contributed by atoms with Gasteiger partial charge in [0.15, 0.2) is 18.2 Å². The van der Waals surface area contributed by atoms with Gasteiger partial charge in [0, 0.05) is 5.70 Å². The lowest BCUT2D eigenvalue weighted by Crippen LogP contribution is -2.46. The summed E-state index contributed by atoms with van der Waals surface area (Å²) in [5.41, 5.74) is 2.91. The molecule has 0 spiro atoms. The van der Waals surface area contributed by atoms with Crippen molar-refractivity contribution in [1.82, 2.24) is 15.6 Å². The van der Waals surface area contributed by atoms with Crippen LogP contribution in [0, 0.1) is 11.3 Å². The zero-order valence-electron chi connectivity index (χ0n) is 21.5. The number of anilines is 1. The number of carbonyl (C=O) groups excluding carboxylic acids is 3. The quantitative estimate of drug-likeness (QED) is 0.369. The number of hydrogen-bond donors (Lipinski definition) is 3. The summed E-state index contributed by atoms with van der Waals surface area (Å²) in [6.45, 7) is -0.208. The standard InChI is InChI=1S/C29H25N5O6/c1-38-20-7-3-4-17(13-20)8-9-21-25(28(36)40-15-19-6-2-5-18(12-19)14-30)26(34-29(37)32-21)22-10-11-23-27(31-22)33-24(35)16-39-23/h2-7,10-13,26H,8-9,15-16H2,1H3,(H,31,33,35)(H2,32,34,37). The van der Waals surface area contributed by atoms with Crippen molar-refractivity contribution in [2.75, 3.05) is 19.0 Å². The van der Waals surface area contributed by atoms with Crippen molar-refractivity contribution in [3.8, 4) is 17.6 Å². The smallest absolute Gasteiger partial charge is 0.338 e. The fourth-order valence-electron chi connectivity index (χ4n) is 4.47. The van der Waals surface area contributed by atoms with E-state index in [0.29, 0.717) is 46.9 Å². The molecule has 0 radical (unpaired) electrons. The number of rotatable bonds is 8. The van der Waals surface area contributed by atoms with Gasteiger partial charge in [-0.15, -0.1) is 0 Å². The summed E-state index contributed by atoms with van der Waals surface area (Å²) in [5.74, 6) is 0.244. The molecular formula is C29H25N5O6. The fraction of sp³-hybridized carbons (Fsp3) is 0.207. The van der Waals surface area contributed by atoms with Crippen LogP contribution in [0.2, 0.25) is 0 Å². The van der Waals surface area contributed by atoms with Crippen molar-refractivity contribution in [2.45, 2.75) is 25.5 Å². The molecule has 2 aliphatic heterocycles. The molecule has 5 rings (SSSR count). The number of urea groups is 1. The number of aryl methyl sites for hydroxylation is 1. The van der Waals surface area contributed by atoms with Gasteiger partial charge < -0.3 is 30.2 Å². The Labute approximate surface area is 229 Å². The zero-order valence-corrected chi connectivity index (χ0v) is 21.5. The van der Waals surface area contributed by atoms with Crippen LogP contribution in [0.25, 0.3) is 0 Å². The third kappa shape index (κ3) is 5.86.